The summed E-state index contributed by atoms with van der Waals surface area (Å²) < 4.78 is 10.5. The molecule has 0 radical (unpaired) electrons. The van der Waals surface area contributed by atoms with Crippen molar-refractivity contribution in [2.24, 2.45) is 5.92 Å². The fraction of sp³-hybridized carbons (Fsp3) is 0.688. The Balaban J connectivity index is 1.50. The van der Waals surface area contributed by atoms with Crippen LogP contribution in [0.5, 0.6) is 5.88 Å². The van der Waals surface area contributed by atoms with Gasteiger partial charge < -0.3 is 19.7 Å². The molecule has 0 bridgehead atoms. The van der Waals surface area contributed by atoms with E-state index >= 15 is 0 Å². The second-order valence-corrected chi connectivity index (χ2v) is 6.06. The maximum absolute atomic E-state index is 12.4. The van der Waals surface area contributed by atoms with Crippen molar-refractivity contribution >= 4 is 11.9 Å². The van der Waals surface area contributed by atoms with E-state index in [0.717, 1.165) is 52.0 Å². The quantitative estimate of drug-likeness (QED) is 0.892. The minimum absolute atomic E-state index is 0.0831. The Morgan fingerprint density at radius 2 is 2.04 bits per heavy atom. The van der Waals surface area contributed by atoms with Crippen LogP contribution < -0.4 is 15.0 Å². The number of amides is 1. The van der Waals surface area contributed by atoms with Gasteiger partial charge in [0.15, 0.2) is 0 Å². The van der Waals surface area contributed by atoms with E-state index in [4.69, 9.17) is 9.47 Å². The van der Waals surface area contributed by atoms with E-state index in [1.165, 1.54) is 0 Å². The summed E-state index contributed by atoms with van der Waals surface area (Å²) in [7, 11) is 1.60. The molecule has 2 saturated heterocycles. The first-order valence-corrected chi connectivity index (χ1v) is 8.26. The lowest BCUT2D eigenvalue weighted by Crippen LogP contribution is -2.45. The van der Waals surface area contributed by atoms with Gasteiger partial charge in [-0.3, -0.25) is 4.79 Å². The molecular formula is C16H24N4O3. The SMILES string of the molecule is COc1ccnc(N2CCC(C(=O)NC3CCOCC3)CC2)n1. The number of carbonyl (C=O) groups is 1. The van der Waals surface area contributed by atoms with Gasteiger partial charge in [0, 0.05) is 50.5 Å². The van der Waals surface area contributed by atoms with Crippen molar-refractivity contribution in [1.82, 2.24) is 15.3 Å². The minimum Gasteiger partial charge on any atom is -0.481 e. The summed E-state index contributed by atoms with van der Waals surface area (Å²) in [6.07, 6.45) is 5.20. The van der Waals surface area contributed by atoms with Crippen molar-refractivity contribution in [3.05, 3.63) is 12.3 Å². The third kappa shape index (κ3) is 4.10. The molecule has 0 spiro atoms. The third-order valence-corrected chi connectivity index (χ3v) is 4.54. The zero-order valence-corrected chi connectivity index (χ0v) is 13.5. The number of nitrogens with zero attached hydrogens (tertiary/aromatic N) is 3. The Hall–Kier alpha value is -1.89. The van der Waals surface area contributed by atoms with Crippen LogP contribution in [0, 0.1) is 5.92 Å². The molecular weight excluding hydrogens is 296 g/mol. The second kappa shape index (κ2) is 7.59. The topological polar surface area (TPSA) is 76.6 Å². The summed E-state index contributed by atoms with van der Waals surface area (Å²) in [5.41, 5.74) is 0. The number of anilines is 1. The van der Waals surface area contributed by atoms with Crippen LogP contribution in [0.25, 0.3) is 0 Å². The van der Waals surface area contributed by atoms with Crippen LogP contribution in [0.1, 0.15) is 25.7 Å². The molecule has 3 rings (SSSR count). The van der Waals surface area contributed by atoms with Crippen LogP contribution in [0.3, 0.4) is 0 Å². The molecule has 126 valence electrons. The van der Waals surface area contributed by atoms with Crippen molar-refractivity contribution < 1.29 is 14.3 Å². The lowest BCUT2D eigenvalue weighted by molar-refractivity contribution is -0.126. The Kier molecular flexibility index (Phi) is 5.27. The summed E-state index contributed by atoms with van der Waals surface area (Å²) in [4.78, 5) is 23.2. The monoisotopic (exact) mass is 320 g/mol. The summed E-state index contributed by atoms with van der Waals surface area (Å²) in [6, 6.07) is 2.01. The number of nitrogens with one attached hydrogen (secondary N) is 1. The molecule has 0 aromatic carbocycles. The molecule has 7 nitrogen and oxygen atoms in total. The maximum atomic E-state index is 12.4. The highest BCUT2D eigenvalue weighted by Gasteiger charge is 2.28. The molecule has 1 aromatic rings. The predicted octanol–water partition coefficient (Wildman–Crippen LogP) is 0.997. The van der Waals surface area contributed by atoms with E-state index < -0.39 is 0 Å². The number of carbonyl (C=O) groups excluding carboxylic acids is 1. The van der Waals surface area contributed by atoms with Gasteiger partial charge in [-0.05, 0) is 25.7 Å². The number of ether oxygens (including phenoxy) is 2. The average molecular weight is 320 g/mol. The van der Waals surface area contributed by atoms with Crippen molar-refractivity contribution in [3.63, 3.8) is 0 Å². The summed E-state index contributed by atoms with van der Waals surface area (Å²) in [5.74, 6) is 1.50. The molecule has 7 heteroatoms. The van der Waals surface area contributed by atoms with Gasteiger partial charge in [0.05, 0.1) is 7.11 Å². The smallest absolute Gasteiger partial charge is 0.228 e. The molecule has 1 aromatic heterocycles. The first-order valence-electron chi connectivity index (χ1n) is 8.26. The van der Waals surface area contributed by atoms with Crippen molar-refractivity contribution in [3.8, 4) is 5.88 Å². The third-order valence-electron chi connectivity index (χ3n) is 4.54. The molecule has 23 heavy (non-hydrogen) atoms. The number of hydrogen-bond donors (Lipinski definition) is 1. The summed E-state index contributed by atoms with van der Waals surface area (Å²) in [6.45, 7) is 3.07. The van der Waals surface area contributed by atoms with Crippen LogP contribution in [0.15, 0.2) is 12.3 Å². The van der Waals surface area contributed by atoms with Crippen LogP contribution >= 0.6 is 0 Å². The second-order valence-electron chi connectivity index (χ2n) is 6.06. The number of methoxy groups -OCH3 is 1. The van der Waals surface area contributed by atoms with Gasteiger partial charge in [0.25, 0.3) is 0 Å². The van der Waals surface area contributed by atoms with Crippen LogP contribution in [0.2, 0.25) is 0 Å². The molecule has 2 aliphatic heterocycles. The molecule has 1 amide bonds. The maximum Gasteiger partial charge on any atom is 0.228 e. The Bertz CT molecular complexity index is 526. The lowest BCUT2D eigenvalue weighted by Gasteiger charge is -2.32. The number of aromatic nitrogens is 2. The molecule has 3 heterocycles. The fourth-order valence-corrected chi connectivity index (χ4v) is 3.10. The highest BCUT2D eigenvalue weighted by molar-refractivity contribution is 5.79. The lowest BCUT2D eigenvalue weighted by atomic mass is 9.95. The number of rotatable bonds is 4. The van der Waals surface area contributed by atoms with Crippen LogP contribution in [-0.4, -0.2) is 55.3 Å². The van der Waals surface area contributed by atoms with Gasteiger partial charge in [0.2, 0.25) is 17.7 Å². The molecule has 0 aliphatic carbocycles. The van der Waals surface area contributed by atoms with Gasteiger partial charge in [-0.15, -0.1) is 0 Å². The zero-order valence-electron chi connectivity index (χ0n) is 13.5. The van der Waals surface area contributed by atoms with Crippen molar-refractivity contribution in [2.45, 2.75) is 31.7 Å². The van der Waals surface area contributed by atoms with Gasteiger partial charge in [-0.1, -0.05) is 0 Å². The van der Waals surface area contributed by atoms with E-state index in [0.29, 0.717) is 11.8 Å². The standard InChI is InChI=1S/C16H24N4O3/c1-22-14-2-7-17-16(19-14)20-8-3-12(4-9-20)15(21)18-13-5-10-23-11-6-13/h2,7,12-13H,3-6,8-11H2,1H3,(H,18,21). The first kappa shape index (κ1) is 16.0. The molecule has 2 aliphatic rings. The summed E-state index contributed by atoms with van der Waals surface area (Å²) >= 11 is 0. The number of piperidine rings is 1. The van der Waals surface area contributed by atoms with Crippen LogP contribution in [0.4, 0.5) is 5.95 Å². The Morgan fingerprint density at radius 1 is 1.30 bits per heavy atom. The van der Waals surface area contributed by atoms with E-state index in [9.17, 15) is 4.79 Å². The summed E-state index contributed by atoms with van der Waals surface area (Å²) in [5, 5.41) is 3.17. The van der Waals surface area contributed by atoms with Gasteiger partial charge in [-0.25, -0.2) is 4.98 Å². The fourth-order valence-electron chi connectivity index (χ4n) is 3.10. The van der Waals surface area contributed by atoms with E-state index in [1.807, 2.05) is 0 Å². The van der Waals surface area contributed by atoms with Gasteiger partial charge >= 0.3 is 0 Å². The normalized spacial score (nSPS) is 20.3. The largest absolute Gasteiger partial charge is 0.481 e. The van der Waals surface area contributed by atoms with Crippen molar-refractivity contribution in [2.75, 3.05) is 38.3 Å². The molecule has 2 fully saturated rings. The highest BCUT2D eigenvalue weighted by Crippen LogP contribution is 2.22. The molecule has 1 N–H and O–H groups in total. The Morgan fingerprint density at radius 3 is 2.74 bits per heavy atom. The predicted molar refractivity (Wildman–Crippen MR) is 85.5 cm³/mol. The van der Waals surface area contributed by atoms with E-state index in [1.54, 1.807) is 19.4 Å². The van der Waals surface area contributed by atoms with Gasteiger partial charge in [-0.2, -0.15) is 4.98 Å². The zero-order chi connectivity index (χ0) is 16.1. The highest BCUT2D eigenvalue weighted by atomic mass is 16.5. The molecule has 0 unspecified atom stereocenters. The van der Waals surface area contributed by atoms with Crippen molar-refractivity contribution in [1.29, 1.82) is 0 Å². The molecule has 0 atom stereocenters. The minimum atomic E-state index is 0.0831. The average Bonchev–Trinajstić information content (AvgIpc) is 2.63. The number of hydrogen-bond acceptors (Lipinski definition) is 6. The van der Waals surface area contributed by atoms with E-state index in [2.05, 4.69) is 20.2 Å². The first-order chi connectivity index (χ1) is 11.3. The molecule has 0 saturated carbocycles. The Labute approximate surface area is 136 Å². The van der Waals surface area contributed by atoms with Gasteiger partial charge in [0.1, 0.15) is 0 Å². The van der Waals surface area contributed by atoms with Crippen LogP contribution in [-0.2, 0) is 9.53 Å². The van der Waals surface area contributed by atoms with E-state index in [-0.39, 0.29) is 17.9 Å².